The Morgan fingerprint density at radius 2 is 1.71 bits per heavy atom. The number of carbonyl (C=O) groups is 2. The Kier molecular flexibility index (Phi) is 4.46. The van der Waals surface area contributed by atoms with Crippen molar-refractivity contribution < 1.29 is 19.4 Å². The Hall–Kier alpha value is -1.30. The molecule has 6 heteroatoms. The van der Waals surface area contributed by atoms with E-state index in [0.717, 1.165) is 25.9 Å². The maximum atomic E-state index is 12.2. The van der Waals surface area contributed by atoms with Crippen LogP contribution in [0.5, 0.6) is 0 Å². The van der Waals surface area contributed by atoms with Crippen LogP contribution in [-0.2, 0) is 9.53 Å². The van der Waals surface area contributed by atoms with Crippen LogP contribution in [0, 0.1) is 0 Å². The van der Waals surface area contributed by atoms with Gasteiger partial charge in [0.15, 0.2) is 0 Å². The molecule has 2 aliphatic heterocycles. The van der Waals surface area contributed by atoms with E-state index >= 15 is 0 Å². The van der Waals surface area contributed by atoms with E-state index in [9.17, 15) is 14.7 Å². The number of hydrogen-bond acceptors (Lipinski definition) is 4. The number of carboxylic acid groups (broad SMARTS) is 1. The quantitative estimate of drug-likeness (QED) is 0.843. The highest BCUT2D eigenvalue weighted by Crippen LogP contribution is 2.32. The number of amides is 1. The molecule has 0 bridgehead atoms. The Labute approximate surface area is 126 Å². The molecular formula is C15H26N2O4. The number of likely N-dealkylation sites (tertiary alicyclic amines) is 2. The van der Waals surface area contributed by atoms with E-state index in [4.69, 9.17) is 4.74 Å². The summed E-state index contributed by atoms with van der Waals surface area (Å²) in [5.41, 5.74) is -1.50. The predicted molar refractivity (Wildman–Crippen MR) is 78.2 cm³/mol. The van der Waals surface area contributed by atoms with Gasteiger partial charge in [-0.3, -0.25) is 9.69 Å². The molecule has 0 aromatic carbocycles. The molecule has 2 heterocycles. The third kappa shape index (κ3) is 3.48. The first-order valence-corrected chi connectivity index (χ1v) is 7.71. The van der Waals surface area contributed by atoms with Crippen LogP contribution >= 0.6 is 0 Å². The van der Waals surface area contributed by atoms with Gasteiger partial charge in [-0.25, -0.2) is 4.79 Å². The molecule has 1 amide bonds. The molecule has 1 N–H and O–H groups in total. The highest BCUT2D eigenvalue weighted by atomic mass is 16.6. The lowest BCUT2D eigenvalue weighted by Gasteiger charge is -2.45. The smallest absolute Gasteiger partial charge is 0.410 e. The molecule has 0 radical (unpaired) electrons. The van der Waals surface area contributed by atoms with Gasteiger partial charge in [-0.05, 0) is 59.5 Å². The predicted octanol–water partition coefficient (Wildman–Crippen LogP) is 1.94. The lowest BCUT2D eigenvalue weighted by Crippen LogP contribution is -2.63. The van der Waals surface area contributed by atoms with Crippen LogP contribution in [0.15, 0.2) is 0 Å². The molecule has 2 aliphatic rings. The van der Waals surface area contributed by atoms with Crippen molar-refractivity contribution in [2.75, 3.05) is 26.2 Å². The zero-order valence-electron chi connectivity index (χ0n) is 13.2. The van der Waals surface area contributed by atoms with Gasteiger partial charge in [0, 0.05) is 6.54 Å². The Bertz CT molecular complexity index is 412. The SMILES string of the molecule is CC(C)(C)OC(=O)N1CCCC(C(=O)O)(N2CCCC2)C1. The molecule has 1 atom stereocenters. The highest BCUT2D eigenvalue weighted by Gasteiger charge is 2.49. The number of carboxylic acids is 1. The standard InChI is InChI=1S/C15H26N2O4/c1-14(2,3)21-13(20)16-8-6-7-15(11-16,12(18)19)17-9-4-5-10-17/h4-11H2,1-3H3,(H,18,19). The largest absolute Gasteiger partial charge is 0.480 e. The molecule has 0 aliphatic carbocycles. The van der Waals surface area contributed by atoms with Gasteiger partial charge in [0.1, 0.15) is 11.1 Å². The van der Waals surface area contributed by atoms with E-state index in [1.165, 1.54) is 0 Å². The Morgan fingerprint density at radius 3 is 2.24 bits per heavy atom. The van der Waals surface area contributed by atoms with Crippen molar-refractivity contribution in [1.29, 1.82) is 0 Å². The first-order chi connectivity index (χ1) is 9.74. The molecule has 1 unspecified atom stereocenters. The molecule has 0 aromatic heterocycles. The Morgan fingerprint density at radius 1 is 1.10 bits per heavy atom. The molecule has 21 heavy (non-hydrogen) atoms. The lowest BCUT2D eigenvalue weighted by molar-refractivity contribution is -0.154. The van der Waals surface area contributed by atoms with Gasteiger partial charge in [0.25, 0.3) is 0 Å². The molecular weight excluding hydrogens is 272 g/mol. The van der Waals surface area contributed by atoms with Crippen LogP contribution in [0.1, 0.15) is 46.5 Å². The first kappa shape index (κ1) is 16.1. The topological polar surface area (TPSA) is 70.1 Å². The second-order valence-corrected chi connectivity index (χ2v) is 7.04. The molecule has 0 saturated carbocycles. The number of nitrogens with zero attached hydrogens (tertiary/aromatic N) is 2. The molecule has 120 valence electrons. The summed E-state index contributed by atoms with van der Waals surface area (Å²) in [5, 5.41) is 9.76. The number of aliphatic carboxylic acids is 1. The zero-order valence-corrected chi connectivity index (χ0v) is 13.2. The van der Waals surface area contributed by atoms with Crippen LogP contribution in [0.2, 0.25) is 0 Å². The molecule has 2 saturated heterocycles. The van der Waals surface area contributed by atoms with Crippen molar-refractivity contribution in [3.8, 4) is 0 Å². The lowest BCUT2D eigenvalue weighted by atomic mass is 9.87. The average molecular weight is 298 g/mol. The van der Waals surface area contributed by atoms with Gasteiger partial charge >= 0.3 is 12.1 Å². The van der Waals surface area contributed by atoms with Gasteiger partial charge < -0.3 is 14.7 Å². The van der Waals surface area contributed by atoms with E-state index < -0.39 is 23.2 Å². The van der Waals surface area contributed by atoms with Gasteiger partial charge in [-0.15, -0.1) is 0 Å². The van der Waals surface area contributed by atoms with E-state index in [2.05, 4.69) is 0 Å². The normalized spacial score (nSPS) is 27.7. The number of rotatable bonds is 2. The molecule has 0 spiro atoms. The van der Waals surface area contributed by atoms with Gasteiger partial charge in [0.2, 0.25) is 0 Å². The third-order valence-electron chi connectivity index (χ3n) is 4.23. The third-order valence-corrected chi connectivity index (χ3v) is 4.23. The van der Waals surface area contributed by atoms with E-state index in [0.29, 0.717) is 19.4 Å². The average Bonchev–Trinajstić information content (AvgIpc) is 2.90. The summed E-state index contributed by atoms with van der Waals surface area (Å²) in [6, 6.07) is 0. The molecule has 0 aromatic rings. The molecule has 2 fully saturated rings. The van der Waals surface area contributed by atoms with Crippen LogP contribution < -0.4 is 0 Å². The fourth-order valence-electron chi connectivity index (χ4n) is 3.23. The fourth-order valence-corrected chi connectivity index (χ4v) is 3.23. The van der Waals surface area contributed by atoms with E-state index in [-0.39, 0.29) is 6.54 Å². The van der Waals surface area contributed by atoms with Crippen molar-refractivity contribution in [2.45, 2.75) is 57.6 Å². The monoisotopic (exact) mass is 298 g/mol. The minimum absolute atomic E-state index is 0.219. The summed E-state index contributed by atoms with van der Waals surface area (Å²) in [5.74, 6) is -0.822. The summed E-state index contributed by atoms with van der Waals surface area (Å²) in [6.07, 6.45) is 2.94. The summed E-state index contributed by atoms with van der Waals surface area (Å²) in [6.45, 7) is 7.84. The van der Waals surface area contributed by atoms with Gasteiger partial charge in [0.05, 0.1) is 6.54 Å². The number of piperidine rings is 1. The van der Waals surface area contributed by atoms with E-state index in [1.54, 1.807) is 4.90 Å². The van der Waals surface area contributed by atoms with E-state index in [1.807, 2.05) is 25.7 Å². The van der Waals surface area contributed by atoms with Crippen molar-refractivity contribution in [3.63, 3.8) is 0 Å². The molecule has 6 nitrogen and oxygen atoms in total. The van der Waals surface area contributed by atoms with Crippen molar-refractivity contribution in [3.05, 3.63) is 0 Å². The van der Waals surface area contributed by atoms with Gasteiger partial charge in [-0.2, -0.15) is 0 Å². The Balaban J connectivity index is 2.13. The second kappa shape index (κ2) is 5.83. The van der Waals surface area contributed by atoms with Crippen molar-refractivity contribution >= 4 is 12.1 Å². The maximum Gasteiger partial charge on any atom is 0.410 e. The number of hydrogen-bond donors (Lipinski definition) is 1. The van der Waals surface area contributed by atoms with Crippen LogP contribution in [0.25, 0.3) is 0 Å². The molecule has 2 rings (SSSR count). The fraction of sp³-hybridized carbons (Fsp3) is 0.867. The summed E-state index contributed by atoms with van der Waals surface area (Å²) in [7, 11) is 0. The van der Waals surface area contributed by atoms with Crippen LogP contribution in [0.3, 0.4) is 0 Å². The second-order valence-electron chi connectivity index (χ2n) is 7.04. The van der Waals surface area contributed by atoms with Crippen LogP contribution in [-0.4, -0.2) is 64.3 Å². The highest BCUT2D eigenvalue weighted by molar-refractivity contribution is 5.81. The number of ether oxygens (including phenoxy) is 1. The zero-order chi connectivity index (χ0) is 15.7. The van der Waals surface area contributed by atoms with Crippen molar-refractivity contribution in [2.24, 2.45) is 0 Å². The summed E-state index contributed by atoms with van der Waals surface area (Å²) >= 11 is 0. The maximum absolute atomic E-state index is 12.2. The van der Waals surface area contributed by atoms with Crippen LogP contribution in [0.4, 0.5) is 4.79 Å². The summed E-state index contributed by atoms with van der Waals surface area (Å²) in [4.78, 5) is 27.7. The minimum atomic E-state index is -0.939. The summed E-state index contributed by atoms with van der Waals surface area (Å²) < 4.78 is 5.39. The van der Waals surface area contributed by atoms with Crippen molar-refractivity contribution in [1.82, 2.24) is 9.80 Å². The van der Waals surface area contributed by atoms with Gasteiger partial charge in [-0.1, -0.05) is 0 Å². The minimum Gasteiger partial charge on any atom is -0.480 e. The number of carbonyl (C=O) groups excluding carboxylic acids is 1. The first-order valence-electron chi connectivity index (χ1n) is 7.71.